The number of ether oxygens (including phenoxy) is 2. The largest absolute Gasteiger partial charge is 0.432 e. The van der Waals surface area contributed by atoms with Gasteiger partial charge < -0.3 is 18.8 Å². The first-order chi connectivity index (χ1) is 13.2. The minimum atomic E-state index is 0.211. The molecule has 3 aromatic heterocycles. The van der Waals surface area contributed by atoms with E-state index in [1.54, 1.807) is 7.11 Å². The first kappa shape index (κ1) is 17.1. The molecule has 27 heavy (non-hydrogen) atoms. The van der Waals surface area contributed by atoms with Crippen LogP contribution in [-0.4, -0.2) is 72.5 Å². The standard InChI is InChI=1S/C18H20ClN5O3/c1-25-12-9-23(10-12)8-11-6-13-14-15(27-17(13)20-7-11)16(22-18(19)21-14)24-2-4-26-5-3-24/h6-7,12H,2-5,8-10H2,1H3. The summed E-state index contributed by atoms with van der Waals surface area (Å²) in [6.07, 6.45) is 2.19. The zero-order valence-corrected chi connectivity index (χ0v) is 15.8. The van der Waals surface area contributed by atoms with Crippen molar-refractivity contribution in [1.82, 2.24) is 19.9 Å². The van der Waals surface area contributed by atoms with Gasteiger partial charge in [-0.3, -0.25) is 4.90 Å². The van der Waals surface area contributed by atoms with E-state index in [-0.39, 0.29) is 5.28 Å². The summed E-state index contributed by atoms with van der Waals surface area (Å²) in [6, 6.07) is 2.08. The molecule has 2 saturated heterocycles. The molecule has 0 amide bonds. The van der Waals surface area contributed by atoms with Gasteiger partial charge in [-0.15, -0.1) is 0 Å². The summed E-state index contributed by atoms with van der Waals surface area (Å²) in [4.78, 5) is 17.8. The molecule has 0 atom stereocenters. The van der Waals surface area contributed by atoms with E-state index in [0.717, 1.165) is 43.7 Å². The molecular formula is C18H20ClN5O3. The molecule has 5 rings (SSSR count). The van der Waals surface area contributed by atoms with Crippen LogP contribution >= 0.6 is 11.6 Å². The van der Waals surface area contributed by atoms with Crippen molar-refractivity contribution in [2.75, 3.05) is 51.4 Å². The molecule has 0 unspecified atom stereocenters. The average molecular weight is 390 g/mol. The maximum atomic E-state index is 6.22. The number of rotatable bonds is 4. The molecule has 5 heterocycles. The molecule has 3 aromatic rings. The Balaban J connectivity index is 1.52. The molecule has 0 spiro atoms. The van der Waals surface area contributed by atoms with Crippen LogP contribution in [0.25, 0.3) is 22.2 Å². The van der Waals surface area contributed by atoms with E-state index in [1.807, 2.05) is 6.20 Å². The van der Waals surface area contributed by atoms with E-state index in [9.17, 15) is 0 Å². The van der Waals surface area contributed by atoms with Gasteiger partial charge in [0.25, 0.3) is 0 Å². The zero-order valence-electron chi connectivity index (χ0n) is 15.0. The van der Waals surface area contributed by atoms with Gasteiger partial charge in [0.15, 0.2) is 11.4 Å². The minimum Gasteiger partial charge on any atom is -0.432 e. The lowest BCUT2D eigenvalue weighted by Crippen LogP contribution is -2.50. The SMILES string of the molecule is COC1CN(Cc2cnc3oc4c(N5CCOCC5)nc(Cl)nc4c3c2)C1. The van der Waals surface area contributed by atoms with Crippen LogP contribution < -0.4 is 4.90 Å². The summed E-state index contributed by atoms with van der Waals surface area (Å²) in [5, 5.41) is 1.08. The monoisotopic (exact) mass is 389 g/mol. The second-order valence-corrected chi connectivity index (χ2v) is 7.28. The van der Waals surface area contributed by atoms with E-state index in [0.29, 0.717) is 41.9 Å². The summed E-state index contributed by atoms with van der Waals surface area (Å²) in [5.74, 6) is 0.707. The number of anilines is 1. The predicted molar refractivity (Wildman–Crippen MR) is 101 cm³/mol. The quantitative estimate of drug-likeness (QED) is 0.628. The van der Waals surface area contributed by atoms with Crippen molar-refractivity contribution >= 4 is 39.6 Å². The molecule has 0 N–H and O–H groups in total. The average Bonchev–Trinajstić information content (AvgIpc) is 3.02. The number of furan rings is 1. The van der Waals surface area contributed by atoms with Gasteiger partial charge >= 0.3 is 0 Å². The number of hydrogen-bond acceptors (Lipinski definition) is 8. The molecular weight excluding hydrogens is 370 g/mol. The van der Waals surface area contributed by atoms with Gasteiger partial charge in [0.2, 0.25) is 11.0 Å². The number of likely N-dealkylation sites (tertiary alicyclic amines) is 1. The van der Waals surface area contributed by atoms with Crippen molar-refractivity contribution in [2.24, 2.45) is 0 Å². The van der Waals surface area contributed by atoms with Crippen molar-refractivity contribution < 1.29 is 13.9 Å². The van der Waals surface area contributed by atoms with E-state index >= 15 is 0 Å². The highest BCUT2D eigenvalue weighted by Gasteiger charge is 2.27. The van der Waals surface area contributed by atoms with Crippen LogP contribution in [0.5, 0.6) is 0 Å². The number of fused-ring (bicyclic) bond motifs is 3. The molecule has 0 aliphatic carbocycles. The molecule has 2 aliphatic rings. The molecule has 8 nitrogen and oxygen atoms in total. The van der Waals surface area contributed by atoms with Gasteiger partial charge in [-0.1, -0.05) is 0 Å². The third-order valence-electron chi connectivity index (χ3n) is 5.16. The van der Waals surface area contributed by atoms with Crippen LogP contribution in [0.15, 0.2) is 16.7 Å². The molecule has 142 valence electrons. The smallest absolute Gasteiger partial charge is 0.229 e. The summed E-state index contributed by atoms with van der Waals surface area (Å²) in [5.41, 5.74) is 3.00. The number of morpholine rings is 1. The van der Waals surface area contributed by atoms with Crippen molar-refractivity contribution in [3.05, 3.63) is 23.1 Å². The van der Waals surface area contributed by atoms with Crippen molar-refractivity contribution in [3.63, 3.8) is 0 Å². The molecule has 0 saturated carbocycles. The highest BCUT2D eigenvalue weighted by Crippen LogP contribution is 2.34. The maximum Gasteiger partial charge on any atom is 0.229 e. The highest BCUT2D eigenvalue weighted by molar-refractivity contribution is 6.29. The lowest BCUT2D eigenvalue weighted by atomic mass is 10.1. The van der Waals surface area contributed by atoms with Crippen LogP contribution in [0, 0.1) is 0 Å². The lowest BCUT2D eigenvalue weighted by Gasteiger charge is -2.38. The Morgan fingerprint density at radius 1 is 1.26 bits per heavy atom. The second kappa shape index (κ2) is 6.87. The third kappa shape index (κ3) is 3.12. The Hall–Kier alpha value is -2.00. The first-order valence-electron chi connectivity index (χ1n) is 9.04. The Bertz CT molecular complexity index is 982. The van der Waals surface area contributed by atoms with Gasteiger partial charge in [0.05, 0.1) is 24.7 Å². The van der Waals surface area contributed by atoms with E-state index in [4.69, 9.17) is 25.5 Å². The first-order valence-corrected chi connectivity index (χ1v) is 9.41. The number of hydrogen-bond donors (Lipinski definition) is 0. The fourth-order valence-corrected chi connectivity index (χ4v) is 3.83. The van der Waals surface area contributed by atoms with Crippen LogP contribution in [0.2, 0.25) is 5.28 Å². The van der Waals surface area contributed by atoms with E-state index in [1.165, 1.54) is 0 Å². The Labute approximate surface area is 161 Å². The Morgan fingerprint density at radius 2 is 2.07 bits per heavy atom. The topological polar surface area (TPSA) is 76.8 Å². The van der Waals surface area contributed by atoms with Crippen LogP contribution in [0.4, 0.5) is 5.82 Å². The third-order valence-corrected chi connectivity index (χ3v) is 5.32. The Morgan fingerprint density at radius 3 is 2.85 bits per heavy atom. The minimum absolute atomic E-state index is 0.211. The highest BCUT2D eigenvalue weighted by atomic mass is 35.5. The Kier molecular flexibility index (Phi) is 4.35. The fraction of sp³-hybridized carbons (Fsp3) is 0.500. The summed E-state index contributed by atoms with van der Waals surface area (Å²) in [7, 11) is 1.75. The molecule has 0 aromatic carbocycles. The number of pyridine rings is 1. The maximum absolute atomic E-state index is 6.22. The van der Waals surface area contributed by atoms with Gasteiger partial charge in [-0.05, 0) is 23.2 Å². The molecule has 9 heteroatoms. The zero-order chi connectivity index (χ0) is 18.4. The van der Waals surface area contributed by atoms with Crippen LogP contribution in [0.3, 0.4) is 0 Å². The number of nitrogens with zero attached hydrogens (tertiary/aromatic N) is 5. The molecule has 0 bridgehead atoms. The second-order valence-electron chi connectivity index (χ2n) is 6.94. The molecule has 0 radical (unpaired) electrons. The van der Waals surface area contributed by atoms with Crippen LogP contribution in [0.1, 0.15) is 5.56 Å². The molecule has 2 aliphatic heterocycles. The van der Waals surface area contributed by atoms with Crippen molar-refractivity contribution in [3.8, 4) is 0 Å². The lowest BCUT2D eigenvalue weighted by molar-refractivity contribution is -0.0334. The van der Waals surface area contributed by atoms with Gasteiger partial charge in [-0.25, -0.2) is 9.97 Å². The van der Waals surface area contributed by atoms with Gasteiger partial charge in [0, 0.05) is 46.0 Å². The van der Waals surface area contributed by atoms with Crippen molar-refractivity contribution in [1.29, 1.82) is 0 Å². The summed E-state index contributed by atoms with van der Waals surface area (Å²) >= 11 is 6.22. The van der Waals surface area contributed by atoms with E-state index in [2.05, 4.69) is 30.8 Å². The number of halogens is 1. The summed E-state index contributed by atoms with van der Waals surface area (Å²) < 4.78 is 16.8. The predicted octanol–water partition coefficient (Wildman–Crippen LogP) is 2.09. The van der Waals surface area contributed by atoms with Gasteiger partial charge in [0.1, 0.15) is 5.52 Å². The van der Waals surface area contributed by atoms with Gasteiger partial charge in [-0.2, -0.15) is 4.98 Å². The number of aromatic nitrogens is 3. The summed E-state index contributed by atoms with van der Waals surface area (Å²) in [6.45, 7) is 5.51. The number of methoxy groups -OCH3 is 1. The van der Waals surface area contributed by atoms with Crippen molar-refractivity contribution in [2.45, 2.75) is 12.6 Å². The fourth-order valence-electron chi connectivity index (χ4n) is 3.67. The van der Waals surface area contributed by atoms with Crippen LogP contribution in [-0.2, 0) is 16.0 Å². The van der Waals surface area contributed by atoms with E-state index < -0.39 is 0 Å². The molecule has 2 fully saturated rings. The normalized spacial score (nSPS) is 19.1.